The van der Waals surface area contributed by atoms with Crippen LogP contribution in [0.1, 0.15) is 24.8 Å². The average Bonchev–Trinajstić information content (AvgIpc) is 2.78. The molecule has 8 heteroatoms. The highest BCUT2D eigenvalue weighted by atomic mass is 32.2. The molecule has 1 aliphatic rings. The van der Waals surface area contributed by atoms with Crippen molar-refractivity contribution in [2.45, 2.75) is 24.2 Å². The number of methoxy groups -OCH3 is 1. The largest absolute Gasteiger partial charge is 0.497 e. The Morgan fingerprint density at radius 1 is 1.13 bits per heavy atom. The van der Waals surface area contributed by atoms with Crippen LogP contribution in [0.15, 0.2) is 59.0 Å². The number of nitrogens with one attached hydrogen (secondary N) is 1. The van der Waals surface area contributed by atoms with Crippen molar-refractivity contribution in [1.82, 2.24) is 4.31 Å². The monoisotopic (exact) mass is 425 g/mol. The molecule has 1 heterocycles. The Labute approximate surface area is 176 Å². The quantitative estimate of drug-likeness (QED) is 0.565. The number of amides is 1. The van der Waals surface area contributed by atoms with Crippen LogP contribution < -0.4 is 10.1 Å². The zero-order chi connectivity index (χ0) is 21.6. The summed E-state index contributed by atoms with van der Waals surface area (Å²) in [6.07, 6.45) is 4.16. The highest BCUT2D eigenvalue weighted by molar-refractivity contribution is 7.89. The molecule has 1 saturated heterocycles. The van der Waals surface area contributed by atoms with Crippen molar-refractivity contribution < 1.29 is 17.9 Å². The minimum atomic E-state index is -3.61. The number of carbonyl (C=O) groups excluding carboxylic acids is 1. The molecule has 2 aromatic carbocycles. The summed E-state index contributed by atoms with van der Waals surface area (Å²) in [5.41, 5.74) is 0.847. The number of benzene rings is 2. The van der Waals surface area contributed by atoms with E-state index in [4.69, 9.17) is 4.74 Å². The second kappa shape index (κ2) is 9.57. The summed E-state index contributed by atoms with van der Waals surface area (Å²) in [6.45, 7) is 1.00. The van der Waals surface area contributed by atoms with E-state index in [1.807, 2.05) is 6.07 Å². The molecular formula is C22H23N3O4S. The molecule has 156 valence electrons. The lowest BCUT2D eigenvalue weighted by Crippen LogP contribution is -2.35. The minimum absolute atomic E-state index is 0.104. The lowest BCUT2D eigenvalue weighted by Gasteiger charge is -2.26. The smallest absolute Gasteiger partial charge is 0.266 e. The molecule has 1 aliphatic heterocycles. The van der Waals surface area contributed by atoms with Crippen LogP contribution in [0.5, 0.6) is 5.75 Å². The zero-order valence-corrected chi connectivity index (χ0v) is 17.5. The van der Waals surface area contributed by atoms with Gasteiger partial charge in [-0.15, -0.1) is 0 Å². The van der Waals surface area contributed by atoms with E-state index in [9.17, 15) is 18.5 Å². The second-order valence-electron chi connectivity index (χ2n) is 6.89. The third-order valence-electron chi connectivity index (χ3n) is 4.81. The molecule has 0 aromatic heterocycles. The fourth-order valence-corrected chi connectivity index (χ4v) is 4.80. The van der Waals surface area contributed by atoms with E-state index in [0.29, 0.717) is 30.1 Å². The molecule has 7 nitrogen and oxygen atoms in total. The van der Waals surface area contributed by atoms with Crippen molar-refractivity contribution >= 4 is 27.7 Å². The fourth-order valence-electron chi connectivity index (χ4n) is 3.23. The van der Waals surface area contributed by atoms with Crippen LogP contribution in [-0.2, 0) is 14.8 Å². The van der Waals surface area contributed by atoms with Crippen LogP contribution >= 0.6 is 0 Å². The number of piperidine rings is 1. The SMILES string of the molecule is COc1cccc(/C=C(\C#N)C(=O)Nc2cccc(S(=O)(=O)N3CCCCC3)c2)c1. The molecule has 30 heavy (non-hydrogen) atoms. The maximum absolute atomic E-state index is 12.9. The van der Waals surface area contributed by atoms with E-state index in [2.05, 4.69) is 5.32 Å². The lowest BCUT2D eigenvalue weighted by molar-refractivity contribution is -0.112. The van der Waals surface area contributed by atoms with Gasteiger partial charge in [0.15, 0.2) is 0 Å². The topological polar surface area (TPSA) is 99.5 Å². The van der Waals surface area contributed by atoms with Crippen molar-refractivity contribution in [3.8, 4) is 11.8 Å². The van der Waals surface area contributed by atoms with E-state index in [1.165, 1.54) is 29.6 Å². The van der Waals surface area contributed by atoms with Gasteiger partial charge in [0.25, 0.3) is 5.91 Å². The molecule has 0 atom stereocenters. The van der Waals surface area contributed by atoms with Gasteiger partial charge < -0.3 is 10.1 Å². The number of sulfonamides is 1. The number of nitriles is 1. The summed E-state index contributed by atoms with van der Waals surface area (Å²) < 4.78 is 32.3. The normalized spacial score (nSPS) is 15.3. The van der Waals surface area contributed by atoms with Crippen LogP contribution in [-0.4, -0.2) is 38.8 Å². The van der Waals surface area contributed by atoms with Crippen LogP contribution in [0.25, 0.3) is 6.08 Å². The molecule has 1 fully saturated rings. The predicted molar refractivity (Wildman–Crippen MR) is 114 cm³/mol. The Morgan fingerprint density at radius 3 is 2.57 bits per heavy atom. The van der Waals surface area contributed by atoms with Crippen molar-refractivity contribution in [3.05, 3.63) is 59.7 Å². The van der Waals surface area contributed by atoms with Crippen molar-refractivity contribution in [3.63, 3.8) is 0 Å². The van der Waals surface area contributed by atoms with Crippen molar-refractivity contribution in [1.29, 1.82) is 5.26 Å². The predicted octanol–water partition coefficient (Wildman–Crippen LogP) is 3.42. The number of hydrogen-bond acceptors (Lipinski definition) is 5. The molecule has 0 bridgehead atoms. The molecule has 0 unspecified atom stereocenters. The summed E-state index contributed by atoms with van der Waals surface area (Å²) in [6, 6.07) is 15.0. The van der Waals surface area contributed by atoms with Crippen LogP contribution in [0.2, 0.25) is 0 Å². The van der Waals surface area contributed by atoms with Gasteiger partial charge in [-0.05, 0) is 54.8 Å². The maximum Gasteiger partial charge on any atom is 0.266 e. The summed E-state index contributed by atoms with van der Waals surface area (Å²) >= 11 is 0. The summed E-state index contributed by atoms with van der Waals surface area (Å²) in [5, 5.41) is 12.0. The van der Waals surface area contributed by atoms with E-state index < -0.39 is 15.9 Å². The number of ether oxygens (including phenoxy) is 1. The average molecular weight is 426 g/mol. The zero-order valence-electron chi connectivity index (χ0n) is 16.7. The molecule has 1 N–H and O–H groups in total. The maximum atomic E-state index is 12.9. The molecule has 0 saturated carbocycles. The molecule has 0 radical (unpaired) electrons. The molecular weight excluding hydrogens is 402 g/mol. The Kier molecular flexibility index (Phi) is 6.87. The standard InChI is InChI=1S/C22H23N3O4S/c1-29-20-9-5-7-17(14-20)13-18(16-23)22(26)24-19-8-6-10-21(15-19)30(27,28)25-11-3-2-4-12-25/h5-10,13-15H,2-4,11-12H2,1H3,(H,24,26)/b18-13+. The van der Waals surface area contributed by atoms with E-state index >= 15 is 0 Å². The van der Waals surface area contributed by atoms with E-state index in [0.717, 1.165) is 19.3 Å². The van der Waals surface area contributed by atoms with Gasteiger partial charge in [0.2, 0.25) is 10.0 Å². The Hall–Kier alpha value is -3.15. The van der Waals surface area contributed by atoms with Crippen molar-refractivity contribution in [2.24, 2.45) is 0 Å². The van der Waals surface area contributed by atoms with Gasteiger partial charge in [-0.1, -0.05) is 24.6 Å². The van der Waals surface area contributed by atoms with Gasteiger partial charge in [-0.25, -0.2) is 8.42 Å². The summed E-state index contributed by atoms with van der Waals surface area (Å²) in [4.78, 5) is 12.7. The van der Waals surface area contributed by atoms with Crippen molar-refractivity contribution in [2.75, 3.05) is 25.5 Å². The van der Waals surface area contributed by atoms with Gasteiger partial charge in [-0.2, -0.15) is 9.57 Å². The Morgan fingerprint density at radius 2 is 1.87 bits per heavy atom. The minimum Gasteiger partial charge on any atom is -0.497 e. The fraction of sp³-hybridized carbons (Fsp3) is 0.273. The first-order valence-electron chi connectivity index (χ1n) is 9.61. The second-order valence-corrected chi connectivity index (χ2v) is 8.83. The first-order valence-corrected chi connectivity index (χ1v) is 11.1. The lowest BCUT2D eigenvalue weighted by atomic mass is 10.1. The van der Waals surface area contributed by atoms with Crippen LogP contribution in [0, 0.1) is 11.3 Å². The number of rotatable bonds is 6. The molecule has 3 rings (SSSR count). The number of hydrogen-bond donors (Lipinski definition) is 1. The van der Waals surface area contributed by atoms with Gasteiger partial charge >= 0.3 is 0 Å². The van der Waals surface area contributed by atoms with Crippen LogP contribution in [0.3, 0.4) is 0 Å². The molecule has 1 amide bonds. The Balaban J connectivity index is 1.80. The van der Waals surface area contributed by atoms with E-state index in [-0.39, 0.29) is 10.5 Å². The van der Waals surface area contributed by atoms with Gasteiger partial charge in [0.1, 0.15) is 17.4 Å². The highest BCUT2D eigenvalue weighted by Gasteiger charge is 2.26. The highest BCUT2D eigenvalue weighted by Crippen LogP contribution is 2.23. The Bertz CT molecular complexity index is 1100. The first-order chi connectivity index (χ1) is 14.4. The number of anilines is 1. The van der Waals surface area contributed by atoms with Gasteiger partial charge in [0, 0.05) is 18.8 Å². The van der Waals surface area contributed by atoms with Gasteiger partial charge in [0.05, 0.1) is 12.0 Å². The first kappa shape index (κ1) is 21.6. The molecule has 0 spiro atoms. The molecule has 0 aliphatic carbocycles. The third-order valence-corrected chi connectivity index (χ3v) is 6.71. The third kappa shape index (κ3) is 5.06. The van der Waals surface area contributed by atoms with Gasteiger partial charge in [-0.3, -0.25) is 4.79 Å². The van der Waals surface area contributed by atoms with E-state index in [1.54, 1.807) is 36.4 Å². The summed E-state index contributed by atoms with van der Waals surface area (Å²) in [7, 11) is -2.08. The number of nitrogens with zero attached hydrogens (tertiary/aromatic N) is 2. The molecule has 2 aromatic rings. The summed E-state index contributed by atoms with van der Waals surface area (Å²) in [5.74, 6) is -0.00934. The number of carbonyl (C=O) groups is 1. The van der Waals surface area contributed by atoms with Crippen LogP contribution in [0.4, 0.5) is 5.69 Å².